The second-order valence-electron chi connectivity index (χ2n) is 4.83. The Morgan fingerprint density at radius 2 is 1.88 bits per heavy atom. The molecule has 0 saturated carbocycles. The van der Waals surface area contributed by atoms with Crippen molar-refractivity contribution in [2.45, 2.75) is 38.9 Å². The molecule has 0 spiro atoms. The van der Waals surface area contributed by atoms with E-state index in [1.54, 1.807) is 6.92 Å². The number of hydrogen-bond acceptors (Lipinski definition) is 3. The van der Waals surface area contributed by atoms with Gasteiger partial charge in [0, 0.05) is 13.1 Å². The summed E-state index contributed by atoms with van der Waals surface area (Å²) in [6, 6.07) is 1.89. The molecule has 0 aromatic carbocycles. The monoisotopic (exact) mass is 244 g/mol. The van der Waals surface area contributed by atoms with Crippen molar-refractivity contribution in [1.82, 2.24) is 4.31 Å². The Hall–Kier alpha value is -0.600. The van der Waals surface area contributed by atoms with Gasteiger partial charge in [0.1, 0.15) is 0 Å². The molecule has 1 heterocycles. The van der Waals surface area contributed by atoms with Gasteiger partial charge in [-0.2, -0.15) is 5.26 Å². The molecule has 3 unspecified atom stereocenters. The van der Waals surface area contributed by atoms with Gasteiger partial charge in [-0.1, -0.05) is 20.8 Å². The molecule has 1 aliphatic heterocycles. The quantitative estimate of drug-likeness (QED) is 0.757. The van der Waals surface area contributed by atoms with E-state index in [0.717, 1.165) is 6.42 Å². The number of hydrogen-bond donors (Lipinski definition) is 0. The van der Waals surface area contributed by atoms with Crippen LogP contribution in [-0.2, 0) is 10.0 Å². The zero-order chi connectivity index (χ0) is 12.3. The molecule has 0 aliphatic carbocycles. The molecule has 3 atom stereocenters. The third-order valence-electron chi connectivity index (χ3n) is 3.07. The second kappa shape index (κ2) is 5.15. The van der Waals surface area contributed by atoms with Gasteiger partial charge in [-0.25, -0.2) is 12.7 Å². The molecule has 1 aliphatic rings. The number of piperidine rings is 1. The van der Waals surface area contributed by atoms with Gasteiger partial charge < -0.3 is 0 Å². The van der Waals surface area contributed by atoms with Crippen molar-refractivity contribution in [3.05, 3.63) is 0 Å². The van der Waals surface area contributed by atoms with Crippen LogP contribution < -0.4 is 0 Å². The molecule has 0 amide bonds. The molecule has 0 aromatic rings. The smallest absolute Gasteiger partial charge is 0.211 e. The lowest BCUT2D eigenvalue weighted by atomic mass is 9.94. The summed E-state index contributed by atoms with van der Waals surface area (Å²) in [5.41, 5.74) is 0. The van der Waals surface area contributed by atoms with Crippen LogP contribution in [0.2, 0.25) is 0 Å². The zero-order valence-electron chi connectivity index (χ0n) is 10.2. The van der Waals surface area contributed by atoms with Crippen molar-refractivity contribution in [3.8, 4) is 6.07 Å². The van der Waals surface area contributed by atoms with Crippen molar-refractivity contribution in [1.29, 1.82) is 5.26 Å². The van der Waals surface area contributed by atoms with E-state index in [4.69, 9.17) is 5.26 Å². The van der Waals surface area contributed by atoms with E-state index in [1.165, 1.54) is 4.31 Å². The zero-order valence-corrected chi connectivity index (χ0v) is 11.0. The first-order chi connectivity index (χ1) is 7.41. The molecule has 1 fully saturated rings. The van der Waals surface area contributed by atoms with Gasteiger partial charge in [0.05, 0.1) is 6.07 Å². The summed E-state index contributed by atoms with van der Waals surface area (Å²) < 4.78 is 25.8. The SMILES string of the molecule is CCC(C#N)S(=O)(=O)N1CC(C)CC(C)C1. The van der Waals surface area contributed by atoms with Crippen molar-refractivity contribution in [3.63, 3.8) is 0 Å². The van der Waals surface area contributed by atoms with Crippen molar-refractivity contribution in [2.75, 3.05) is 13.1 Å². The predicted octanol–water partition coefficient (Wildman–Crippen LogP) is 1.60. The van der Waals surface area contributed by atoms with Gasteiger partial charge in [-0.15, -0.1) is 0 Å². The first-order valence-corrected chi connectivity index (χ1v) is 7.30. The Bertz CT molecular complexity index is 362. The molecule has 0 N–H and O–H groups in total. The fourth-order valence-corrected chi connectivity index (χ4v) is 4.20. The summed E-state index contributed by atoms with van der Waals surface area (Å²) in [7, 11) is -3.42. The molecule has 0 radical (unpaired) electrons. The normalized spacial score (nSPS) is 29.6. The molecule has 1 saturated heterocycles. The van der Waals surface area contributed by atoms with Crippen LogP contribution in [0.1, 0.15) is 33.6 Å². The summed E-state index contributed by atoms with van der Waals surface area (Å²) in [5.74, 6) is 0.768. The maximum Gasteiger partial charge on any atom is 0.230 e. The highest BCUT2D eigenvalue weighted by Gasteiger charge is 2.35. The first-order valence-electron chi connectivity index (χ1n) is 5.80. The maximum absolute atomic E-state index is 12.1. The standard InChI is InChI=1S/C11H20N2O2S/c1-4-11(6-12)16(14,15)13-7-9(2)5-10(3)8-13/h9-11H,4-5,7-8H2,1-3H3. The lowest BCUT2D eigenvalue weighted by Gasteiger charge is -2.34. The van der Waals surface area contributed by atoms with Gasteiger partial charge in [-0.05, 0) is 24.7 Å². The van der Waals surface area contributed by atoms with Crippen molar-refractivity contribution < 1.29 is 8.42 Å². The minimum Gasteiger partial charge on any atom is -0.211 e. The molecule has 16 heavy (non-hydrogen) atoms. The highest BCUT2D eigenvalue weighted by Crippen LogP contribution is 2.25. The van der Waals surface area contributed by atoms with Gasteiger partial charge in [-0.3, -0.25) is 0 Å². The molecule has 5 heteroatoms. The lowest BCUT2D eigenvalue weighted by molar-refractivity contribution is 0.221. The van der Waals surface area contributed by atoms with E-state index in [0.29, 0.717) is 31.3 Å². The average molecular weight is 244 g/mol. The molecule has 0 aromatic heterocycles. The van der Waals surface area contributed by atoms with Crippen LogP contribution in [0, 0.1) is 23.2 Å². The highest BCUT2D eigenvalue weighted by molar-refractivity contribution is 7.90. The number of nitrogens with zero attached hydrogens (tertiary/aromatic N) is 2. The predicted molar refractivity (Wildman–Crippen MR) is 63.1 cm³/mol. The second-order valence-corrected chi connectivity index (χ2v) is 6.95. The fraction of sp³-hybridized carbons (Fsp3) is 0.909. The molecule has 92 valence electrons. The van der Waals surface area contributed by atoms with Crippen molar-refractivity contribution >= 4 is 10.0 Å². The van der Waals surface area contributed by atoms with Gasteiger partial charge in [0.25, 0.3) is 0 Å². The van der Waals surface area contributed by atoms with Crippen LogP contribution in [0.25, 0.3) is 0 Å². The Balaban J connectivity index is 2.87. The van der Waals surface area contributed by atoms with Gasteiger partial charge >= 0.3 is 0 Å². The van der Waals surface area contributed by atoms with Crippen LogP contribution in [0.3, 0.4) is 0 Å². The Morgan fingerprint density at radius 3 is 2.25 bits per heavy atom. The Labute approximate surface area is 98.3 Å². The highest BCUT2D eigenvalue weighted by atomic mass is 32.2. The Morgan fingerprint density at radius 1 is 1.38 bits per heavy atom. The summed E-state index contributed by atoms with van der Waals surface area (Å²) >= 11 is 0. The minimum atomic E-state index is -3.42. The topological polar surface area (TPSA) is 61.2 Å². The maximum atomic E-state index is 12.1. The third kappa shape index (κ3) is 2.74. The van der Waals surface area contributed by atoms with E-state index >= 15 is 0 Å². The molecule has 0 bridgehead atoms. The van der Waals surface area contributed by atoms with Gasteiger partial charge in [0.2, 0.25) is 10.0 Å². The number of rotatable bonds is 3. The number of sulfonamides is 1. The molecule has 4 nitrogen and oxygen atoms in total. The number of nitriles is 1. The van der Waals surface area contributed by atoms with Crippen LogP contribution >= 0.6 is 0 Å². The Kier molecular flexibility index (Phi) is 4.34. The third-order valence-corrected chi connectivity index (χ3v) is 5.25. The van der Waals surface area contributed by atoms with Crippen LogP contribution in [0.15, 0.2) is 0 Å². The molecule has 1 rings (SSSR count). The largest absolute Gasteiger partial charge is 0.230 e. The lowest BCUT2D eigenvalue weighted by Crippen LogP contribution is -2.46. The molecular formula is C11H20N2O2S. The summed E-state index contributed by atoms with van der Waals surface area (Å²) in [6.07, 6.45) is 1.42. The summed E-state index contributed by atoms with van der Waals surface area (Å²) in [4.78, 5) is 0. The minimum absolute atomic E-state index is 0.359. The molecular weight excluding hydrogens is 224 g/mol. The van der Waals surface area contributed by atoms with E-state index in [2.05, 4.69) is 13.8 Å². The summed E-state index contributed by atoms with van der Waals surface area (Å²) in [5, 5.41) is 7.98. The average Bonchev–Trinajstić information content (AvgIpc) is 2.17. The fourth-order valence-electron chi connectivity index (χ4n) is 2.36. The van der Waals surface area contributed by atoms with E-state index in [1.807, 2.05) is 6.07 Å². The van der Waals surface area contributed by atoms with Crippen LogP contribution in [0.5, 0.6) is 0 Å². The van der Waals surface area contributed by atoms with Crippen molar-refractivity contribution in [2.24, 2.45) is 11.8 Å². The first kappa shape index (κ1) is 13.5. The summed E-state index contributed by atoms with van der Waals surface area (Å²) in [6.45, 7) is 6.98. The van der Waals surface area contributed by atoms with Crippen LogP contribution in [-0.4, -0.2) is 31.1 Å². The van der Waals surface area contributed by atoms with Gasteiger partial charge in [0.15, 0.2) is 5.25 Å². The van der Waals surface area contributed by atoms with E-state index < -0.39 is 15.3 Å². The van der Waals surface area contributed by atoms with Crippen LogP contribution in [0.4, 0.5) is 0 Å². The van der Waals surface area contributed by atoms with E-state index in [-0.39, 0.29) is 0 Å². The van der Waals surface area contributed by atoms with E-state index in [9.17, 15) is 8.42 Å².